The fourth-order valence-corrected chi connectivity index (χ4v) is 2.78. The van der Waals surface area contributed by atoms with Crippen LogP contribution in [0.4, 0.5) is 5.69 Å². The lowest BCUT2D eigenvalue weighted by Gasteiger charge is -2.07. The van der Waals surface area contributed by atoms with E-state index in [1.807, 2.05) is 60.9 Å². The predicted octanol–water partition coefficient (Wildman–Crippen LogP) is 3.83. The average molecular weight is 289 g/mol. The molecule has 108 valence electrons. The van der Waals surface area contributed by atoms with Crippen LogP contribution in [0.1, 0.15) is 5.56 Å². The van der Waals surface area contributed by atoms with E-state index >= 15 is 0 Å². The minimum absolute atomic E-state index is 0.0167. The number of anilines is 1. The quantitative estimate of drug-likeness (QED) is 0.527. The molecule has 22 heavy (non-hydrogen) atoms. The van der Waals surface area contributed by atoms with Gasteiger partial charge in [-0.05, 0) is 41.3 Å². The first-order valence-electron chi connectivity index (χ1n) is 7.21. The summed E-state index contributed by atoms with van der Waals surface area (Å²) in [4.78, 5) is 18.6. The monoisotopic (exact) mass is 289 g/mol. The Morgan fingerprint density at radius 1 is 0.955 bits per heavy atom. The third-order valence-electron chi connectivity index (χ3n) is 3.84. The number of carbonyl (C=O) groups is 1. The van der Waals surface area contributed by atoms with Crippen molar-refractivity contribution in [3.63, 3.8) is 0 Å². The van der Waals surface area contributed by atoms with Crippen molar-refractivity contribution in [3.8, 4) is 0 Å². The van der Waals surface area contributed by atoms with E-state index in [2.05, 4.69) is 15.3 Å². The lowest BCUT2D eigenvalue weighted by molar-refractivity contribution is -0.115. The molecule has 0 aliphatic rings. The van der Waals surface area contributed by atoms with Crippen LogP contribution in [0.5, 0.6) is 0 Å². The minimum Gasteiger partial charge on any atom is -0.361 e. The molecule has 0 unspecified atom stereocenters. The molecule has 1 amide bonds. The number of carbonyl (C=O) groups excluding carboxylic acids is 1. The van der Waals surface area contributed by atoms with Crippen molar-refractivity contribution in [1.82, 2.24) is 9.97 Å². The molecule has 0 atom stereocenters. The summed E-state index contributed by atoms with van der Waals surface area (Å²) in [5.41, 5.74) is 3.86. The molecule has 3 N–H and O–H groups in total. The van der Waals surface area contributed by atoms with Crippen molar-refractivity contribution >= 4 is 33.4 Å². The highest BCUT2D eigenvalue weighted by Gasteiger charge is 2.08. The van der Waals surface area contributed by atoms with Crippen LogP contribution < -0.4 is 5.32 Å². The lowest BCUT2D eigenvalue weighted by Crippen LogP contribution is -2.14. The van der Waals surface area contributed by atoms with Gasteiger partial charge in [0.05, 0.1) is 17.6 Å². The van der Waals surface area contributed by atoms with Crippen molar-refractivity contribution < 1.29 is 4.79 Å². The van der Waals surface area contributed by atoms with E-state index in [4.69, 9.17) is 0 Å². The molecule has 4 heteroatoms. The summed E-state index contributed by atoms with van der Waals surface area (Å²) in [6, 6.07) is 15.9. The zero-order valence-electron chi connectivity index (χ0n) is 11.9. The molecule has 4 nitrogen and oxygen atoms in total. The Balaban J connectivity index is 1.55. The number of rotatable bonds is 3. The highest BCUT2D eigenvalue weighted by atomic mass is 16.1. The second-order valence-corrected chi connectivity index (χ2v) is 5.37. The summed E-state index contributed by atoms with van der Waals surface area (Å²) in [6.07, 6.45) is 4.14. The summed E-state index contributed by atoms with van der Waals surface area (Å²) in [5.74, 6) is -0.0167. The number of H-pyrrole nitrogens is 2. The Hall–Kier alpha value is -3.01. The molecule has 0 aliphatic heterocycles. The lowest BCUT2D eigenvalue weighted by atomic mass is 10.1. The summed E-state index contributed by atoms with van der Waals surface area (Å²) >= 11 is 0. The van der Waals surface area contributed by atoms with E-state index in [0.717, 1.165) is 33.1 Å². The van der Waals surface area contributed by atoms with Crippen molar-refractivity contribution in [2.24, 2.45) is 0 Å². The normalized spacial score (nSPS) is 11.1. The first-order chi connectivity index (χ1) is 10.8. The number of nitrogens with one attached hydrogen (secondary N) is 3. The van der Waals surface area contributed by atoms with Crippen molar-refractivity contribution in [2.75, 3.05) is 5.32 Å². The summed E-state index contributed by atoms with van der Waals surface area (Å²) in [7, 11) is 0. The van der Waals surface area contributed by atoms with E-state index in [1.165, 1.54) is 0 Å². The maximum atomic E-state index is 12.3. The van der Waals surface area contributed by atoms with Gasteiger partial charge in [-0.25, -0.2) is 0 Å². The van der Waals surface area contributed by atoms with E-state index < -0.39 is 0 Å². The second-order valence-electron chi connectivity index (χ2n) is 5.37. The molecule has 0 saturated carbocycles. The molecule has 0 bridgehead atoms. The molecule has 2 aromatic heterocycles. The first-order valence-corrected chi connectivity index (χ1v) is 7.21. The first kappa shape index (κ1) is 12.7. The highest BCUT2D eigenvalue weighted by molar-refractivity contribution is 6.01. The number of fused-ring (bicyclic) bond motifs is 2. The number of benzene rings is 2. The molecule has 2 heterocycles. The molecular formula is C18H15N3O. The maximum Gasteiger partial charge on any atom is 0.228 e. The molecule has 0 fully saturated rings. The van der Waals surface area contributed by atoms with Crippen LogP contribution >= 0.6 is 0 Å². The van der Waals surface area contributed by atoms with Crippen LogP contribution in [0.3, 0.4) is 0 Å². The van der Waals surface area contributed by atoms with Crippen LogP contribution in [0.25, 0.3) is 21.8 Å². The zero-order chi connectivity index (χ0) is 14.9. The van der Waals surface area contributed by atoms with Gasteiger partial charge in [0.2, 0.25) is 5.91 Å². The van der Waals surface area contributed by atoms with Gasteiger partial charge in [0, 0.05) is 23.3 Å². The van der Waals surface area contributed by atoms with E-state index in [1.54, 1.807) is 0 Å². The Morgan fingerprint density at radius 2 is 1.82 bits per heavy atom. The van der Waals surface area contributed by atoms with Crippen LogP contribution in [-0.4, -0.2) is 15.9 Å². The molecule has 0 radical (unpaired) electrons. The average Bonchev–Trinajstić information content (AvgIpc) is 3.15. The smallest absolute Gasteiger partial charge is 0.228 e. The molecular weight excluding hydrogens is 274 g/mol. The Morgan fingerprint density at radius 3 is 2.77 bits per heavy atom. The third kappa shape index (κ3) is 2.24. The predicted molar refractivity (Wildman–Crippen MR) is 88.9 cm³/mol. The second kappa shape index (κ2) is 5.07. The fraction of sp³-hybridized carbons (Fsp3) is 0.0556. The fourth-order valence-electron chi connectivity index (χ4n) is 2.78. The number of aromatic nitrogens is 2. The standard InChI is InChI=1S/C18H15N3O/c22-17(11-12-4-5-15-14(10-12)7-8-19-15)21-16-3-1-2-13-6-9-20-18(13)16/h1-10,19-20H,11H2,(H,21,22). The Labute approximate surface area is 127 Å². The van der Waals surface area contributed by atoms with Crippen LogP contribution in [0, 0.1) is 0 Å². The van der Waals surface area contributed by atoms with Crippen molar-refractivity contribution in [3.05, 3.63) is 66.5 Å². The number of amides is 1. The summed E-state index contributed by atoms with van der Waals surface area (Å²) in [5, 5.41) is 5.19. The minimum atomic E-state index is -0.0167. The highest BCUT2D eigenvalue weighted by Crippen LogP contribution is 2.22. The largest absolute Gasteiger partial charge is 0.361 e. The van der Waals surface area contributed by atoms with Crippen LogP contribution in [0.15, 0.2) is 60.9 Å². The van der Waals surface area contributed by atoms with Crippen molar-refractivity contribution in [2.45, 2.75) is 6.42 Å². The number of aromatic amines is 2. The topological polar surface area (TPSA) is 60.7 Å². The molecule has 0 saturated heterocycles. The van der Waals surface area contributed by atoms with Gasteiger partial charge in [-0.15, -0.1) is 0 Å². The van der Waals surface area contributed by atoms with Gasteiger partial charge in [-0.1, -0.05) is 18.2 Å². The number of hydrogen-bond donors (Lipinski definition) is 3. The number of para-hydroxylation sites is 1. The SMILES string of the molecule is O=C(Cc1ccc2[nH]ccc2c1)Nc1cccc2cc[nH]c12. The van der Waals surface area contributed by atoms with Gasteiger partial charge < -0.3 is 15.3 Å². The maximum absolute atomic E-state index is 12.3. The van der Waals surface area contributed by atoms with E-state index in [0.29, 0.717) is 6.42 Å². The van der Waals surface area contributed by atoms with Crippen LogP contribution in [-0.2, 0) is 11.2 Å². The van der Waals surface area contributed by atoms with Crippen molar-refractivity contribution in [1.29, 1.82) is 0 Å². The van der Waals surface area contributed by atoms with Gasteiger partial charge in [0.25, 0.3) is 0 Å². The van der Waals surface area contributed by atoms with E-state index in [9.17, 15) is 4.79 Å². The molecule has 4 rings (SSSR count). The van der Waals surface area contributed by atoms with Gasteiger partial charge in [0.15, 0.2) is 0 Å². The Bertz CT molecular complexity index is 964. The molecule has 0 aliphatic carbocycles. The summed E-state index contributed by atoms with van der Waals surface area (Å²) < 4.78 is 0. The van der Waals surface area contributed by atoms with Gasteiger partial charge in [-0.3, -0.25) is 4.79 Å². The molecule has 0 spiro atoms. The molecule has 2 aromatic carbocycles. The van der Waals surface area contributed by atoms with Crippen LogP contribution in [0.2, 0.25) is 0 Å². The Kier molecular flexibility index (Phi) is 2.93. The summed E-state index contributed by atoms with van der Waals surface area (Å²) in [6.45, 7) is 0. The van der Waals surface area contributed by atoms with Gasteiger partial charge in [0.1, 0.15) is 0 Å². The van der Waals surface area contributed by atoms with E-state index in [-0.39, 0.29) is 5.91 Å². The molecule has 4 aromatic rings. The number of hydrogen-bond acceptors (Lipinski definition) is 1. The third-order valence-corrected chi connectivity index (χ3v) is 3.84. The van der Waals surface area contributed by atoms with Gasteiger partial charge in [-0.2, -0.15) is 0 Å². The van der Waals surface area contributed by atoms with Gasteiger partial charge >= 0.3 is 0 Å². The zero-order valence-corrected chi connectivity index (χ0v) is 11.9.